The molecule has 4 rings (SSSR count). The highest BCUT2D eigenvalue weighted by Crippen LogP contribution is 2.31. The van der Waals surface area contributed by atoms with Crippen molar-refractivity contribution in [3.8, 4) is 5.75 Å². The van der Waals surface area contributed by atoms with E-state index < -0.39 is 0 Å². The summed E-state index contributed by atoms with van der Waals surface area (Å²) in [5.74, 6) is 0.112. The monoisotopic (exact) mass is 406 g/mol. The molecule has 2 aromatic carbocycles. The molecule has 6 nitrogen and oxygen atoms in total. The normalized spacial score (nSPS) is 17.3. The number of amides is 3. The van der Waals surface area contributed by atoms with E-state index in [4.69, 9.17) is 4.74 Å². The molecular weight excluding hydrogens is 380 g/mol. The first-order valence-corrected chi connectivity index (χ1v) is 10.6. The van der Waals surface area contributed by atoms with E-state index in [1.54, 1.807) is 37.3 Å². The van der Waals surface area contributed by atoms with E-state index in [-0.39, 0.29) is 36.7 Å². The number of rotatable bonds is 5. The van der Waals surface area contributed by atoms with Crippen LogP contribution in [0.3, 0.4) is 0 Å². The Balaban J connectivity index is 1.45. The van der Waals surface area contributed by atoms with Crippen LogP contribution in [0.25, 0.3) is 0 Å². The van der Waals surface area contributed by atoms with Crippen molar-refractivity contribution < 1.29 is 19.1 Å². The number of nitrogens with one attached hydrogen (secondary N) is 1. The van der Waals surface area contributed by atoms with Gasteiger partial charge in [-0.25, -0.2) is 0 Å². The number of benzene rings is 2. The van der Waals surface area contributed by atoms with Gasteiger partial charge in [0, 0.05) is 24.1 Å². The number of hydrogen-bond acceptors (Lipinski definition) is 4. The van der Waals surface area contributed by atoms with Gasteiger partial charge in [0.05, 0.1) is 11.8 Å². The lowest BCUT2D eigenvalue weighted by atomic mass is 9.98. The molecule has 2 fully saturated rings. The van der Waals surface area contributed by atoms with Crippen molar-refractivity contribution in [2.24, 2.45) is 0 Å². The number of anilines is 2. The Labute approximate surface area is 176 Å². The van der Waals surface area contributed by atoms with Gasteiger partial charge in [-0.05, 0) is 74.6 Å². The molecule has 0 unspecified atom stereocenters. The zero-order chi connectivity index (χ0) is 21.1. The van der Waals surface area contributed by atoms with E-state index in [1.165, 1.54) is 24.2 Å². The van der Waals surface area contributed by atoms with Crippen molar-refractivity contribution in [2.75, 3.05) is 10.2 Å². The molecule has 156 valence electrons. The number of nitrogens with zero attached hydrogens (tertiary/aromatic N) is 1. The quantitative estimate of drug-likeness (QED) is 0.736. The van der Waals surface area contributed by atoms with Crippen LogP contribution in [0.5, 0.6) is 5.75 Å². The van der Waals surface area contributed by atoms with Gasteiger partial charge in [-0.2, -0.15) is 0 Å². The van der Waals surface area contributed by atoms with Crippen LogP contribution in [0.2, 0.25) is 0 Å². The molecule has 2 aromatic rings. The molecule has 1 saturated carbocycles. The predicted molar refractivity (Wildman–Crippen MR) is 115 cm³/mol. The van der Waals surface area contributed by atoms with Crippen LogP contribution in [-0.2, 0) is 9.59 Å². The number of carbonyl (C=O) groups is 3. The van der Waals surface area contributed by atoms with Gasteiger partial charge in [0.2, 0.25) is 11.8 Å². The molecule has 0 aromatic heterocycles. The fraction of sp³-hybridized carbons (Fsp3) is 0.375. The van der Waals surface area contributed by atoms with Crippen LogP contribution in [0, 0.1) is 6.92 Å². The third-order valence-electron chi connectivity index (χ3n) is 5.82. The second-order valence-electron chi connectivity index (χ2n) is 7.93. The second-order valence-corrected chi connectivity index (χ2v) is 7.93. The summed E-state index contributed by atoms with van der Waals surface area (Å²) >= 11 is 0. The molecule has 30 heavy (non-hydrogen) atoms. The maximum absolute atomic E-state index is 12.7. The molecule has 1 N–H and O–H groups in total. The van der Waals surface area contributed by atoms with Crippen molar-refractivity contribution in [3.05, 3.63) is 53.6 Å². The lowest BCUT2D eigenvalue weighted by molar-refractivity contribution is -0.121. The topological polar surface area (TPSA) is 75.7 Å². The minimum absolute atomic E-state index is 0.208. The van der Waals surface area contributed by atoms with Gasteiger partial charge in [0.1, 0.15) is 5.75 Å². The number of imide groups is 1. The van der Waals surface area contributed by atoms with Crippen molar-refractivity contribution in [1.82, 2.24) is 0 Å². The maximum Gasteiger partial charge on any atom is 0.255 e. The number of carbonyl (C=O) groups excluding carboxylic acids is 3. The van der Waals surface area contributed by atoms with Gasteiger partial charge in [0.15, 0.2) is 0 Å². The minimum atomic E-state index is -0.251. The second kappa shape index (κ2) is 8.69. The lowest BCUT2D eigenvalue weighted by Gasteiger charge is -2.23. The summed E-state index contributed by atoms with van der Waals surface area (Å²) in [5.41, 5.74) is 2.31. The molecule has 1 heterocycles. The maximum atomic E-state index is 12.7. The fourth-order valence-corrected chi connectivity index (χ4v) is 4.10. The van der Waals surface area contributed by atoms with E-state index in [0.717, 1.165) is 18.6 Å². The van der Waals surface area contributed by atoms with Gasteiger partial charge in [-0.1, -0.05) is 12.5 Å². The van der Waals surface area contributed by atoms with Crippen molar-refractivity contribution in [2.45, 2.75) is 58.0 Å². The summed E-state index contributed by atoms with van der Waals surface area (Å²) in [6, 6.07) is 12.4. The van der Waals surface area contributed by atoms with Crippen LogP contribution in [0.15, 0.2) is 42.5 Å². The smallest absolute Gasteiger partial charge is 0.255 e. The SMILES string of the molecule is Cc1c(NC(=O)c2ccc(OC3CCCCC3)cc2)cccc1N1C(=O)CCC1=O. The van der Waals surface area contributed by atoms with E-state index in [1.807, 2.05) is 12.1 Å². The van der Waals surface area contributed by atoms with Crippen LogP contribution in [0.1, 0.15) is 60.9 Å². The molecule has 1 aliphatic heterocycles. The Hall–Kier alpha value is -3.15. The Morgan fingerprint density at radius 1 is 0.967 bits per heavy atom. The zero-order valence-corrected chi connectivity index (χ0v) is 17.1. The third kappa shape index (κ3) is 4.22. The highest BCUT2D eigenvalue weighted by atomic mass is 16.5. The van der Waals surface area contributed by atoms with Crippen molar-refractivity contribution in [1.29, 1.82) is 0 Å². The van der Waals surface area contributed by atoms with Gasteiger partial charge >= 0.3 is 0 Å². The average Bonchev–Trinajstić information content (AvgIpc) is 3.09. The third-order valence-corrected chi connectivity index (χ3v) is 5.82. The van der Waals surface area contributed by atoms with E-state index in [9.17, 15) is 14.4 Å². The first-order valence-electron chi connectivity index (χ1n) is 10.6. The summed E-state index contributed by atoms with van der Waals surface area (Å²) in [7, 11) is 0. The first-order chi connectivity index (χ1) is 14.5. The van der Waals surface area contributed by atoms with Gasteiger partial charge in [0.25, 0.3) is 5.91 Å². The van der Waals surface area contributed by atoms with Crippen LogP contribution in [0.4, 0.5) is 11.4 Å². The molecule has 0 radical (unpaired) electrons. The van der Waals surface area contributed by atoms with E-state index >= 15 is 0 Å². The molecule has 0 bridgehead atoms. The Morgan fingerprint density at radius 2 is 1.63 bits per heavy atom. The molecule has 6 heteroatoms. The Bertz CT molecular complexity index is 946. The molecule has 1 saturated heterocycles. The lowest BCUT2D eigenvalue weighted by Crippen LogP contribution is -2.29. The van der Waals surface area contributed by atoms with E-state index in [2.05, 4.69) is 5.32 Å². The van der Waals surface area contributed by atoms with E-state index in [0.29, 0.717) is 22.5 Å². The standard InChI is InChI=1S/C24H26N2O4/c1-16-20(8-5-9-21(16)26-22(27)14-15-23(26)28)25-24(29)17-10-12-19(13-11-17)30-18-6-3-2-4-7-18/h5,8-13,18H,2-4,6-7,14-15H2,1H3,(H,25,29). The summed E-state index contributed by atoms with van der Waals surface area (Å²) < 4.78 is 6.02. The van der Waals surface area contributed by atoms with Crippen LogP contribution < -0.4 is 15.0 Å². The Morgan fingerprint density at radius 3 is 2.30 bits per heavy atom. The molecule has 0 atom stereocenters. The van der Waals surface area contributed by atoms with Crippen molar-refractivity contribution in [3.63, 3.8) is 0 Å². The van der Waals surface area contributed by atoms with Crippen molar-refractivity contribution >= 4 is 29.1 Å². The summed E-state index contributed by atoms with van der Waals surface area (Å²) in [6.07, 6.45) is 6.57. The van der Waals surface area contributed by atoms with Gasteiger partial charge in [-0.3, -0.25) is 19.3 Å². The highest BCUT2D eigenvalue weighted by molar-refractivity contribution is 6.20. The molecule has 3 amide bonds. The zero-order valence-electron chi connectivity index (χ0n) is 17.1. The highest BCUT2D eigenvalue weighted by Gasteiger charge is 2.31. The minimum Gasteiger partial charge on any atom is -0.490 e. The van der Waals surface area contributed by atoms with Crippen LogP contribution >= 0.6 is 0 Å². The summed E-state index contributed by atoms with van der Waals surface area (Å²) in [5, 5.41) is 2.89. The number of ether oxygens (including phenoxy) is 1. The molecule has 2 aliphatic rings. The summed E-state index contributed by atoms with van der Waals surface area (Å²) in [6.45, 7) is 1.80. The molecule has 1 aliphatic carbocycles. The fourth-order valence-electron chi connectivity index (χ4n) is 4.10. The van der Waals surface area contributed by atoms with Gasteiger partial charge in [-0.15, -0.1) is 0 Å². The predicted octanol–water partition coefficient (Wildman–Crippen LogP) is 4.61. The molecule has 0 spiro atoms. The largest absolute Gasteiger partial charge is 0.490 e. The molecular formula is C24H26N2O4. The van der Waals surface area contributed by atoms with Gasteiger partial charge < -0.3 is 10.1 Å². The average molecular weight is 406 g/mol. The number of hydrogen-bond donors (Lipinski definition) is 1. The Kier molecular flexibility index (Phi) is 5.84. The van der Waals surface area contributed by atoms with Crippen LogP contribution in [-0.4, -0.2) is 23.8 Å². The summed E-state index contributed by atoms with van der Waals surface area (Å²) in [4.78, 5) is 38.1. The first kappa shape index (κ1) is 20.1.